The van der Waals surface area contributed by atoms with Gasteiger partial charge in [0.05, 0.1) is 4.90 Å². The molecule has 0 saturated heterocycles. The third-order valence-corrected chi connectivity index (χ3v) is 8.54. The molecule has 2 N–H and O–H groups in total. The van der Waals surface area contributed by atoms with E-state index in [9.17, 15) is 28.0 Å². The predicted octanol–water partition coefficient (Wildman–Crippen LogP) is 5.92. The van der Waals surface area contributed by atoms with Crippen LogP contribution in [-0.4, -0.2) is 29.2 Å². The van der Waals surface area contributed by atoms with E-state index in [2.05, 4.69) is 0 Å². The number of carbonyl (C=O) groups is 1. The molecule has 184 valence electrons. The molecular weight excluding hydrogens is 571 g/mol. The normalized spacial score (nSPS) is 18.1. The molecule has 2 aromatic carbocycles. The van der Waals surface area contributed by atoms with Crippen LogP contribution in [0, 0.1) is 3.57 Å². The van der Waals surface area contributed by atoms with Crippen LogP contribution >= 0.6 is 22.6 Å². The zero-order chi connectivity index (χ0) is 24.5. The number of ether oxygens (including phenoxy) is 1. The maximum Gasteiger partial charge on any atom is 0.347 e. The number of hydrogen-bond donors (Lipinski definition) is 2. The number of phenolic OH excluding ortho intramolecular Hbond substituents is 2. The molecule has 0 unspecified atom stereocenters. The minimum atomic E-state index is -4.74. The summed E-state index contributed by atoms with van der Waals surface area (Å²) < 4.78 is 43.7. The predicted molar refractivity (Wildman–Crippen MR) is 134 cm³/mol. The van der Waals surface area contributed by atoms with Crippen molar-refractivity contribution >= 4 is 38.7 Å². The fourth-order valence-electron chi connectivity index (χ4n) is 5.33. The van der Waals surface area contributed by atoms with Crippen LogP contribution < -0.4 is 4.74 Å². The van der Waals surface area contributed by atoms with Crippen LogP contribution in [0.2, 0.25) is 0 Å². The topological polar surface area (TPSA) is 124 Å². The lowest BCUT2D eigenvalue weighted by atomic mass is 9.79. The molecule has 2 aliphatic carbocycles. The summed E-state index contributed by atoms with van der Waals surface area (Å²) in [5.74, 6) is -1.92. The van der Waals surface area contributed by atoms with Gasteiger partial charge in [-0.1, -0.05) is 38.5 Å². The van der Waals surface area contributed by atoms with E-state index in [1.807, 2.05) is 22.6 Å². The Hall–Kier alpha value is -1.85. The largest absolute Gasteiger partial charge is 0.744 e. The number of halogens is 1. The molecule has 0 bridgehead atoms. The second-order valence-electron chi connectivity index (χ2n) is 9.27. The molecule has 0 aliphatic heterocycles. The van der Waals surface area contributed by atoms with Gasteiger partial charge in [-0.15, -0.1) is 0 Å². The highest BCUT2D eigenvalue weighted by atomic mass is 127. The minimum absolute atomic E-state index is 0.0939. The Bertz CT molecular complexity index is 1140. The first-order valence-electron chi connectivity index (χ1n) is 11.7. The number of aromatic hydroxyl groups is 2. The molecule has 0 amide bonds. The molecule has 0 radical (unpaired) electrons. The Labute approximate surface area is 213 Å². The van der Waals surface area contributed by atoms with E-state index in [4.69, 9.17) is 4.74 Å². The van der Waals surface area contributed by atoms with E-state index in [1.165, 1.54) is 24.3 Å². The highest BCUT2D eigenvalue weighted by Crippen LogP contribution is 2.44. The Morgan fingerprint density at radius 3 is 1.85 bits per heavy atom. The Morgan fingerprint density at radius 1 is 0.882 bits per heavy atom. The first-order chi connectivity index (χ1) is 16.1. The number of benzene rings is 2. The van der Waals surface area contributed by atoms with E-state index >= 15 is 0 Å². The zero-order valence-electron chi connectivity index (χ0n) is 18.8. The van der Waals surface area contributed by atoms with Crippen LogP contribution in [-0.2, 0) is 10.1 Å². The molecule has 2 aliphatic rings. The molecular formula is C25H28IO7S-. The van der Waals surface area contributed by atoms with Crippen LogP contribution in [0.5, 0.6) is 17.2 Å². The Kier molecular flexibility index (Phi) is 7.73. The molecule has 0 atom stereocenters. The van der Waals surface area contributed by atoms with E-state index in [0.717, 1.165) is 64.2 Å². The van der Waals surface area contributed by atoms with Crippen molar-refractivity contribution < 1.29 is 32.7 Å². The standard InChI is InChI=1S/C25H29IO7S/c26-17-11-21(23(28)22(27)12-17)25(29)33-18-13-19(15-7-3-1-4-8-15)24(34(30,31)32)20(14-18)16-9-5-2-6-10-16/h11-16,27-28H,1-10H2,(H,30,31,32)/p-1. The molecule has 2 fully saturated rings. The smallest absolute Gasteiger partial charge is 0.347 e. The summed E-state index contributed by atoms with van der Waals surface area (Å²) in [6, 6.07) is 5.74. The SMILES string of the molecule is O=C(Oc1cc(C2CCCCC2)c(S(=O)(=O)[O-])c(C2CCCCC2)c1)c1cc(I)cc(O)c1O. The molecule has 34 heavy (non-hydrogen) atoms. The maximum atomic E-state index is 12.9. The van der Waals surface area contributed by atoms with Gasteiger partial charge >= 0.3 is 5.97 Å². The average Bonchev–Trinajstić information content (AvgIpc) is 2.81. The molecule has 7 nitrogen and oxygen atoms in total. The van der Waals surface area contributed by atoms with Crippen molar-refractivity contribution in [2.24, 2.45) is 0 Å². The second-order valence-corrected chi connectivity index (χ2v) is 11.8. The quantitative estimate of drug-likeness (QED) is 0.144. The van der Waals surface area contributed by atoms with Crippen molar-refractivity contribution in [1.82, 2.24) is 0 Å². The van der Waals surface area contributed by atoms with E-state index in [0.29, 0.717) is 14.7 Å². The molecule has 4 rings (SSSR count). The third-order valence-electron chi connectivity index (χ3n) is 6.94. The first-order valence-corrected chi connectivity index (χ1v) is 14.2. The summed E-state index contributed by atoms with van der Waals surface area (Å²) in [4.78, 5) is 12.8. The van der Waals surface area contributed by atoms with Crippen molar-refractivity contribution in [3.8, 4) is 17.2 Å². The summed E-state index contributed by atoms with van der Waals surface area (Å²) in [5, 5.41) is 20.0. The molecule has 0 spiro atoms. The van der Waals surface area contributed by atoms with Crippen molar-refractivity contribution in [1.29, 1.82) is 0 Å². The van der Waals surface area contributed by atoms with Gasteiger partial charge in [0.25, 0.3) is 0 Å². The molecule has 0 aromatic heterocycles. The lowest BCUT2D eigenvalue weighted by Gasteiger charge is -2.31. The zero-order valence-corrected chi connectivity index (χ0v) is 21.7. The number of rotatable bonds is 5. The van der Waals surface area contributed by atoms with Crippen molar-refractivity contribution in [3.63, 3.8) is 0 Å². The van der Waals surface area contributed by atoms with Crippen LogP contribution in [0.3, 0.4) is 0 Å². The van der Waals surface area contributed by atoms with Crippen molar-refractivity contribution in [2.45, 2.75) is 80.9 Å². The van der Waals surface area contributed by atoms with Gasteiger partial charge in [0.1, 0.15) is 21.4 Å². The fourth-order valence-corrected chi connectivity index (χ4v) is 6.96. The van der Waals surface area contributed by atoms with Gasteiger partial charge < -0.3 is 19.5 Å². The minimum Gasteiger partial charge on any atom is -0.744 e. The number of phenols is 2. The van der Waals surface area contributed by atoms with Crippen LogP contribution in [0.1, 0.15) is 97.5 Å². The van der Waals surface area contributed by atoms with Crippen LogP contribution in [0.4, 0.5) is 0 Å². The summed E-state index contributed by atoms with van der Waals surface area (Å²) in [6.07, 6.45) is 9.01. The summed E-state index contributed by atoms with van der Waals surface area (Å²) in [7, 11) is -4.74. The van der Waals surface area contributed by atoms with Gasteiger partial charge in [0.15, 0.2) is 11.5 Å². The number of esters is 1. The highest BCUT2D eigenvalue weighted by Gasteiger charge is 2.29. The van der Waals surface area contributed by atoms with Crippen LogP contribution in [0.15, 0.2) is 29.2 Å². The maximum absolute atomic E-state index is 12.9. The van der Waals surface area contributed by atoms with E-state index < -0.39 is 27.6 Å². The number of hydrogen-bond acceptors (Lipinski definition) is 7. The van der Waals surface area contributed by atoms with Gasteiger partial charge in [-0.3, -0.25) is 0 Å². The second kappa shape index (κ2) is 10.4. The van der Waals surface area contributed by atoms with Crippen molar-refractivity contribution in [2.75, 3.05) is 0 Å². The van der Waals surface area contributed by atoms with Gasteiger partial charge in [0, 0.05) is 3.57 Å². The van der Waals surface area contributed by atoms with Gasteiger partial charge in [0.2, 0.25) is 0 Å². The monoisotopic (exact) mass is 599 g/mol. The molecule has 2 saturated carbocycles. The van der Waals surface area contributed by atoms with Gasteiger partial charge in [-0.05, 0) is 95.5 Å². The van der Waals surface area contributed by atoms with Crippen LogP contribution in [0.25, 0.3) is 0 Å². The summed E-state index contributed by atoms with van der Waals surface area (Å²) >= 11 is 1.91. The van der Waals surface area contributed by atoms with E-state index in [-0.39, 0.29) is 28.0 Å². The lowest BCUT2D eigenvalue weighted by Crippen LogP contribution is -2.18. The van der Waals surface area contributed by atoms with Gasteiger partial charge in [-0.25, -0.2) is 13.2 Å². The van der Waals surface area contributed by atoms with Crippen molar-refractivity contribution in [3.05, 3.63) is 44.5 Å². The Balaban J connectivity index is 1.82. The summed E-state index contributed by atoms with van der Waals surface area (Å²) in [6.45, 7) is 0. The highest BCUT2D eigenvalue weighted by molar-refractivity contribution is 14.1. The first kappa shape index (κ1) is 25.2. The fraction of sp³-hybridized carbons (Fsp3) is 0.480. The third kappa shape index (κ3) is 5.52. The number of carbonyl (C=O) groups excluding carboxylic acids is 1. The van der Waals surface area contributed by atoms with E-state index in [1.54, 1.807) is 0 Å². The Morgan fingerprint density at radius 2 is 1.38 bits per heavy atom. The van der Waals surface area contributed by atoms with Gasteiger partial charge in [-0.2, -0.15) is 0 Å². The average molecular weight is 599 g/mol. The molecule has 2 aromatic rings. The molecule has 9 heteroatoms. The summed E-state index contributed by atoms with van der Waals surface area (Å²) in [5.41, 5.74) is 0.689. The molecule has 0 heterocycles. The lowest BCUT2D eigenvalue weighted by molar-refractivity contribution is 0.0730.